The maximum atomic E-state index is 13.9. The summed E-state index contributed by atoms with van der Waals surface area (Å²) in [4.78, 5) is 33.9. The largest absolute Gasteiger partial charge is 0.379 e. The predicted molar refractivity (Wildman–Crippen MR) is 165 cm³/mol. The van der Waals surface area contributed by atoms with Crippen molar-refractivity contribution < 1.29 is 14.3 Å². The molecule has 8 nitrogen and oxygen atoms in total. The molecule has 3 unspecified atom stereocenters. The summed E-state index contributed by atoms with van der Waals surface area (Å²) in [7, 11) is 0. The van der Waals surface area contributed by atoms with E-state index in [0.29, 0.717) is 56.2 Å². The zero-order valence-corrected chi connectivity index (χ0v) is 25.6. The number of morpholine rings is 1. The van der Waals surface area contributed by atoms with Crippen molar-refractivity contribution in [3.63, 3.8) is 0 Å². The highest BCUT2D eigenvalue weighted by atomic mass is 32.1. The Morgan fingerprint density at radius 3 is 2.66 bits per heavy atom. The third-order valence-corrected chi connectivity index (χ3v) is 10.0. The molecule has 41 heavy (non-hydrogen) atoms. The SMILES string of the molecule is C=C(CN1CCOCC1)C(=O)NCC(NC(=O)[C@H](Cc1nc2ccc(CC)cc2s1)NC1CC1C)C1CCCCC1. The molecule has 3 aliphatic rings. The first-order valence-electron chi connectivity index (χ1n) is 15.6. The van der Waals surface area contributed by atoms with Crippen LogP contribution in [0.3, 0.4) is 0 Å². The Morgan fingerprint density at radius 2 is 1.95 bits per heavy atom. The zero-order valence-electron chi connectivity index (χ0n) is 24.8. The van der Waals surface area contributed by atoms with Crippen molar-refractivity contribution in [1.82, 2.24) is 25.8 Å². The fourth-order valence-electron chi connectivity index (χ4n) is 6.12. The fraction of sp³-hybridized carbons (Fsp3) is 0.656. The average molecular weight is 582 g/mol. The fourth-order valence-corrected chi connectivity index (χ4v) is 7.20. The van der Waals surface area contributed by atoms with Gasteiger partial charge in [0.15, 0.2) is 0 Å². The van der Waals surface area contributed by atoms with Crippen LogP contribution in [0.15, 0.2) is 30.4 Å². The molecule has 224 valence electrons. The molecule has 2 amide bonds. The molecule has 0 spiro atoms. The van der Waals surface area contributed by atoms with Crippen LogP contribution < -0.4 is 16.0 Å². The van der Waals surface area contributed by atoms with Gasteiger partial charge in [-0.3, -0.25) is 14.5 Å². The van der Waals surface area contributed by atoms with Crippen molar-refractivity contribution in [2.24, 2.45) is 11.8 Å². The lowest BCUT2D eigenvalue weighted by Crippen LogP contribution is -2.55. The van der Waals surface area contributed by atoms with Crippen LogP contribution in [0.4, 0.5) is 0 Å². The Kier molecular flexibility index (Phi) is 10.5. The minimum Gasteiger partial charge on any atom is -0.379 e. The van der Waals surface area contributed by atoms with Crippen molar-refractivity contribution in [3.05, 3.63) is 40.9 Å². The Hall–Kier alpha value is -2.33. The molecule has 4 atom stereocenters. The number of aryl methyl sites for hydroxylation is 1. The molecule has 9 heteroatoms. The summed E-state index contributed by atoms with van der Waals surface area (Å²) in [5.74, 6) is 0.818. The van der Waals surface area contributed by atoms with Crippen LogP contribution in [-0.2, 0) is 27.2 Å². The van der Waals surface area contributed by atoms with Crippen LogP contribution in [-0.4, -0.2) is 79.2 Å². The lowest BCUT2D eigenvalue weighted by atomic mass is 9.83. The maximum Gasteiger partial charge on any atom is 0.247 e. The van der Waals surface area contributed by atoms with Crippen molar-refractivity contribution >= 4 is 33.4 Å². The number of rotatable bonds is 13. The summed E-state index contributed by atoms with van der Waals surface area (Å²) in [6, 6.07) is 6.35. The molecular weight excluding hydrogens is 534 g/mol. The van der Waals surface area contributed by atoms with Gasteiger partial charge in [-0.15, -0.1) is 11.3 Å². The van der Waals surface area contributed by atoms with Gasteiger partial charge in [-0.2, -0.15) is 0 Å². The minimum absolute atomic E-state index is 0.00886. The highest BCUT2D eigenvalue weighted by molar-refractivity contribution is 7.18. The first kappa shape index (κ1) is 30.1. The Bertz CT molecular complexity index is 1200. The number of carbonyl (C=O) groups is 2. The second-order valence-electron chi connectivity index (χ2n) is 12.2. The van der Waals surface area contributed by atoms with E-state index in [4.69, 9.17) is 9.72 Å². The third kappa shape index (κ3) is 8.37. The smallest absolute Gasteiger partial charge is 0.247 e. The zero-order chi connectivity index (χ0) is 28.8. The van der Waals surface area contributed by atoms with E-state index in [2.05, 4.69) is 59.5 Å². The van der Waals surface area contributed by atoms with Crippen LogP contribution in [0.2, 0.25) is 0 Å². The number of ether oxygens (including phenoxy) is 1. The van der Waals surface area contributed by atoms with E-state index in [9.17, 15) is 9.59 Å². The minimum atomic E-state index is -0.353. The molecule has 2 aromatic rings. The average Bonchev–Trinajstić information content (AvgIpc) is 3.53. The van der Waals surface area contributed by atoms with E-state index in [-0.39, 0.29) is 23.9 Å². The maximum absolute atomic E-state index is 13.9. The van der Waals surface area contributed by atoms with Gasteiger partial charge in [0.05, 0.1) is 34.5 Å². The number of hydrogen-bond acceptors (Lipinski definition) is 7. The van der Waals surface area contributed by atoms with Crippen LogP contribution in [0, 0.1) is 11.8 Å². The van der Waals surface area contributed by atoms with Gasteiger partial charge in [-0.25, -0.2) is 4.98 Å². The van der Waals surface area contributed by atoms with E-state index in [1.807, 2.05) is 0 Å². The molecule has 1 aromatic carbocycles. The normalized spacial score (nSPS) is 23.2. The molecule has 1 aliphatic heterocycles. The Morgan fingerprint density at radius 1 is 1.20 bits per heavy atom. The van der Waals surface area contributed by atoms with Crippen LogP contribution in [0.1, 0.15) is 62.9 Å². The molecular formula is C32H47N5O3S. The third-order valence-electron chi connectivity index (χ3n) is 8.99. The number of nitrogens with zero attached hydrogens (tertiary/aromatic N) is 2. The highest BCUT2D eigenvalue weighted by Crippen LogP contribution is 2.31. The summed E-state index contributed by atoms with van der Waals surface area (Å²) < 4.78 is 6.60. The van der Waals surface area contributed by atoms with E-state index in [1.54, 1.807) is 11.3 Å². The molecule has 0 radical (unpaired) electrons. The lowest BCUT2D eigenvalue weighted by molar-refractivity contribution is -0.125. The quantitative estimate of drug-likeness (QED) is 0.311. The molecule has 1 saturated heterocycles. The van der Waals surface area contributed by atoms with Gasteiger partial charge in [-0.1, -0.05) is 45.8 Å². The van der Waals surface area contributed by atoms with E-state index in [0.717, 1.165) is 49.3 Å². The topological polar surface area (TPSA) is 95.6 Å². The number of carbonyl (C=O) groups excluding carboxylic acids is 2. The number of nitrogens with one attached hydrogen (secondary N) is 3. The van der Waals surface area contributed by atoms with Gasteiger partial charge in [0.25, 0.3) is 0 Å². The number of fused-ring (bicyclic) bond motifs is 1. The molecule has 2 aliphatic carbocycles. The molecule has 1 aromatic heterocycles. The van der Waals surface area contributed by atoms with Gasteiger partial charge in [0.1, 0.15) is 0 Å². The number of hydrogen-bond donors (Lipinski definition) is 3. The van der Waals surface area contributed by atoms with Crippen molar-refractivity contribution in [2.75, 3.05) is 39.4 Å². The second-order valence-corrected chi connectivity index (χ2v) is 13.3. The predicted octanol–water partition coefficient (Wildman–Crippen LogP) is 3.84. The van der Waals surface area contributed by atoms with Crippen molar-refractivity contribution in [3.8, 4) is 0 Å². The monoisotopic (exact) mass is 581 g/mol. The summed E-state index contributed by atoms with van der Waals surface area (Å²) in [5, 5.41) is 11.1. The standard InChI is InChI=1S/C32H47N5O3S/c1-4-23-10-11-25-29(17-23)41-30(35-25)18-27(34-26-16-21(26)2)32(39)36-28(24-8-6-5-7-9-24)19-33-31(38)22(3)20-37-12-14-40-15-13-37/h10-11,17,21,24,26-28,34H,3-9,12-16,18-20H2,1-2H3,(H,33,38)(H,36,39)/t21?,26?,27-,28?/m0/s1. The van der Waals surface area contributed by atoms with Gasteiger partial charge in [0, 0.05) is 50.3 Å². The van der Waals surface area contributed by atoms with Crippen LogP contribution in [0.5, 0.6) is 0 Å². The summed E-state index contributed by atoms with van der Waals surface area (Å²) in [6.45, 7) is 12.4. The molecule has 2 heterocycles. The molecule has 0 bridgehead atoms. The highest BCUT2D eigenvalue weighted by Gasteiger charge is 2.37. The van der Waals surface area contributed by atoms with E-state index in [1.165, 1.54) is 29.5 Å². The first-order valence-corrected chi connectivity index (χ1v) is 16.4. The van der Waals surface area contributed by atoms with Gasteiger partial charge >= 0.3 is 0 Å². The van der Waals surface area contributed by atoms with E-state index >= 15 is 0 Å². The molecule has 2 saturated carbocycles. The summed E-state index contributed by atoms with van der Waals surface area (Å²) in [6.07, 6.45) is 8.38. The van der Waals surface area contributed by atoms with E-state index < -0.39 is 0 Å². The van der Waals surface area contributed by atoms with Crippen molar-refractivity contribution in [2.45, 2.75) is 83.3 Å². The van der Waals surface area contributed by atoms with Crippen LogP contribution >= 0.6 is 11.3 Å². The van der Waals surface area contributed by atoms with Crippen molar-refractivity contribution in [1.29, 1.82) is 0 Å². The summed E-state index contributed by atoms with van der Waals surface area (Å²) in [5.41, 5.74) is 2.86. The van der Waals surface area contributed by atoms with Gasteiger partial charge in [0.2, 0.25) is 11.8 Å². The number of aromatic nitrogens is 1. The number of amides is 2. The number of thiazole rings is 1. The molecule has 5 rings (SSSR count). The Balaban J connectivity index is 1.24. The lowest BCUT2D eigenvalue weighted by Gasteiger charge is -2.33. The van der Waals surface area contributed by atoms with Gasteiger partial charge < -0.3 is 20.7 Å². The number of benzene rings is 1. The second kappa shape index (κ2) is 14.2. The molecule has 3 N–H and O–H groups in total. The van der Waals surface area contributed by atoms with Crippen LogP contribution in [0.25, 0.3) is 10.2 Å². The Labute approximate surface area is 248 Å². The molecule has 3 fully saturated rings. The summed E-state index contributed by atoms with van der Waals surface area (Å²) >= 11 is 1.69. The van der Waals surface area contributed by atoms with Gasteiger partial charge in [-0.05, 0) is 55.2 Å². The first-order chi connectivity index (χ1) is 19.9.